The van der Waals surface area contributed by atoms with E-state index in [4.69, 9.17) is 5.73 Å². The summed E-state index contributed by atoms with van der Waals surface area (Å²) in [5.74, 6) is 0. The van der Waals surface area contributed by atoms with E-state index >= 15 is 0 Å². The lowest BCUT2D eigenvalue weighted by Crippen LogP contribution is -1.88. The summed E-state index contributed by atoms with van der Waals surface area (Å²) in [4.78, 5) is 1.08. The van der Waals surface area contributed by atoms with Crippen molar-refractivity contribution >= 4 is 17.0 Å². The summed E-state index contributed by atoms with van der Waals surface area (Å²) < 4.78 is 0. The molecule has 0 bridgehead atoms. The molecule has 0 saturated heterocycles. The quantitative estimate of drug-likeness (QED) is 0.632. The highest BCUT2D eigenvalue weighted by atomic mass is 32.1. The zero-order valence-corrected chi connectivity index (χ0v) is 6.16. The summed E-state index contributed by atoms with van der Waals surface area (Å²) in [7, 11) is 0. The average Bonchev–Trinajstić information content (AvgIpc) is 2.14. The second-order valence-corrected chi connectivity index (χ2v) is 2.92. The predicted molar refractivity (Wildman–Crippen MR) is 42.3 cm³/mol. The highest BCUT2D eigenvalue weighted by molar-refractivity contribution is 7.11. The van der Waals surface area contributed by atoms with E-state index in [-0.39, 0.29) is 0 Å². The summed E-state index contributed by atoms with van der Waals surface area (Å²) in [6, 6.07) is 2.03. The maximum absolute atomic E-state index is 5.44. The van der Waals surface area contributed by atoms with Crippen LogP contribution < -0.4 is 5.73 Å². The molecule has 0 atom stereocenters. The molecule has 0 radical (unpaired) electrons. The van der Waals surface area contributed by atoms with E-state index in [1.165, 1.54) is 5.56 Å². The summed E-state index contributed by atoms with van der Waals surface area (Å²) >= 11 is 1.63. The molecule has 0 fully saturated rings. The molecule has 0 saturated carbocycles. The molecule has 1 nitrogen and oxygen atoms in total. The van der Waals surface area contributed by atoms with E-state index in [2.05, 4.69) is 12.0 Å². The monoisotopic (exact) mass is 139 g/mol. The fourth-order valence-electron chi connectivity index (χ4n) is 0.600. The van der Waals surface area contributed by atoms with Crippen LogP contribution in [0.2, 0.25) is 0 Å². The Bertz CT molecular complexity index is 225. The Morgan fingerprint density at radius 2 is 2.44 bits per heavy atom. The second-order valence-electron chi connectivity index (χ2n) is 2.01. The molecule has 0 spiro atoms. The lowest BCUT2D eigenvalue weighted by Gasteiger charge is -1.88. The zero-order valence-electron chi connectivity index (χ0n) is 5.35. The summed E-state index contributed by atoms with van der Waals surface area (Å²) in [6.07, 6.45) is 0. The van der Waals surface area contributed by atoms with Crippen molar-refractivity contribution in [2.45, 2.75) is 6.92 Å². The highest BCUT2D eigenvalue weighted by Gasteiger charge is 1.94. The van der Waals surface area contributed by atoms with Gasteiger partial charge in [-0.15, -0.1) is 11.3 Å². The van der Waals surface area contributed by atoms with Crippen molar-refractivity contribution in [3.63, 3.8) is 0 Å². The predicted octanol–water partition coefficient (Wildman–Crippen LogP) is 1.99. The van der Waals surface area contributed by atoms with Gasteiger partial charge in [0.05, 0.1) is 0 Å². The fraction of sp³-hybridized carbons (Fsp3) is 0.143. The largest absolute Gasteiger partial charge is 0.398 e. The van der Waals surface area contributed by atoms with Crippen LogP contribution in [-0.4, -0.2) is 0 Å². The molecule has 0 amide bonds. The first-order valence-corrected chi connectivity index (χ1v) is 3.58. The molecule has 48 valence electrons. The van der Waals surface area contributed by atoms with Crippen LogP contribution in [0.5, 0.6) is 0 Å². The molecular formula is C7H9NS. The second kappa shape index (κ2) is 2.23. The molecular weight excluding hydrogens is 130 g/mol. The molecule has 0 aliphatic carbocycles. The van der Waals surface area contributed by atoms with Crippen molar-refractivity contribution < 1.29 is 0 Å². The van der Waals surface area contributed by atoms with Gasteiger partial charge in [0.15, 0.2) is 0 Å². The Hall–Kier alpha value is -0.760. The smallest absolute Gasteiger partial charge is 0.0496 e. The standard InChI is InChI=1S/C7H9NS/c1-5-3-7(6(2)8)9-4-5/h3-4H,2,8H2,1H3. The van der Waals surface area contributed by atoms with Crippen molar-refractivity contribution in [2.24, 2.45) is 5.73 Å². The van der Waals surface area contributed by atoms with Gasteiger partial charge in [0.1, 0.15) is 0 Å². The number of hydrogen-bond acceptors (Lipinski definition) is 2. The SMILES string of the molecule is C=C(N)c1cc(C)cs1. The first kappa shape index (κ1) is 6.36. The maximum atomic E-state index is 5.44. The van der Waals surface area contributed by atoms with Crippen molar-refractivity contribution in [3.05, 3.63) is 28.5 Å². The summed E-state index contributed by atoms with van der Waals surface area (Å²) in [5, 5.41) is 2.06. The third-order valence-electron chi connectivity index (χ3n) is 1.05. The van der Waals surface area contributed by atoms with Crippen LogP contribution >= 0.6 is 11.3 Å². The summed E-state index contributed by atoms with van der Waals surface area (Å²) in [5.41, 5.74) is 7.35. The van der Waals surface area contributed by atoms with Gasteiger partial charge in [-0.1, -0.05) is 6.58 Å². The van der Waals surface area contributed by atoms with E-state index in [1.807, 2.05) is 13.0 Å². The maximum Gasteiger partial charge on any atom is 0.0496 e. The van der Waals surface area contributed by atoms with Gasteiger partial charge in [0, 0.05) is 10.6 Å². The molecule has 0 unspecified atom stereocenters. The average molecular weight is 139 g/mol. The first-order valence-electron chi connectivity index (χ1n) is 2.70. The van der Waals surface area contributed by atoms with Crippen molar-refractivity contribution in [2.75, 3.05) is 0 Å². The molecule has 0 aromatic carbocycles. The van der Waals surface area contributed by atoms with E-state index in [9.17, 15) is 0 Å². The number of aryl methyl sites for hydroxylation is 1. The molecule has 1 rings (SSSR count). The first-order chi connectivity index (χ1) is 4.20. The molecule has 2 N–H and O–H groups in total. The summed E-state index contributed by atoms with van der Waals surface area (Å²) in [6.45, 7) is 5.67. The molecule has 2 heteroatoms. The van der Waals surface area contributed by atoms with Gasteiger partial charge in [-0.2, -0.15) is 0 Å². The number of thiophene rings is 1. The van der Waals surface area contributed by atoms with Gasteiger partial charge in [0.2, 0.25) is 0 Å². The molecule has 0 aliphatic heterocycles. The van der Waals surface area contributed by atoms with Crippen molar-refractivity contribution in [1.82, 2.24) is 0 Å². The Balaban J connectivity index is 2.98. The van der Waals surface area contributed by atoms with Gasteiger partial charge in [-0.05, 0) is 23.9 Å². The van der Waals surface area contributed by atoms with Crippen LogP contribution in [0, 0.1) is 6.92 Å². The number of nitrogens with two attached hydrogens (primary N) is 1. The topological polar surface area (TPSA) is 26.0 Å². The van der Waals surface area contributed by atoms with Gasteiger partial charge < -0.3 is 5.73 Å². The van der Waals surface area contributed by atoms with Crippen LogP contribution in [0.4, 0.5) is 0 Å². The minimum Gasteiger partial charge on any atom is -0.398 e. The molecule has 9 heavy (non-hydrogen) atoms. The van der Waals surface area contributed by atoms with Crippen molar-refractivity contribution in [1.29, 1.82) is 0 Å². The van der Waals surface area contributed by atoms with E-state index < -0.39 is 0 Å². The Labute approximate surface area is 58.8 Å². The Morgan fingerprint density at radius 3 is 2.67 bits per heavy atom. The van der Waals surface area contributed by atoms with Gasteiger partial charge in [-0.3, -0.25) is 0 Å². The van der Waals surface area contributed by atoms with Crippen LogP contribution in [0.15, 0.2) is 18.0 Å². The van der Waals surface area contributed by atoms with Gasteiger partial charge in [-0.25, -0.2) is 0 Å². The van der Waals surface area contributed by atoms with Gasteiger partial charge >= 0.3 is 0 Å². The third kappa shape index (κ3) is 1.33. The molecule has 1 aromatic rings. The highest BCUT2D eigenvalue weighted by Crippen LogP contribution is 2.17. The lowest BCUT2D eigenvalue weighted by atomic mass is 10.3. The Morgan fingerprint density at radius 1 is 1.78 bits per heavy atom. The third-order valence-corrected chi connectivity index (χ3v) is 2.17. The Kier molecular flexibility index (Phi) is 1.58. The number of rotatable bonds is 1. The van der Waals surface area contributed by atoms with Gasteiger partial charge in [0.25, 0.3) is 0 Å². The van der Waals surface area contributed by atoms with Crippen LogP contribution in [0.3, 0.4) is 0 Å². The minimum absolute atomic E-state index is 0.660. The van der Waals surface area contributed by atoms with Crippen molar-refractivity contribution in [3.8, 4) is 0 Å². The normalized spacial score (nSPS) is 9.44. The van der Waals surface area contributed by atoms with Crippen LogP contribution in [0.1, 0.15) is 10.4 Å². The molecule has 1 aromatic heterocycles. The molecule has 0 aliphatic rings. The minimum atomic E-state index is 0.660. The van der Waals surface area contributed by atoms with E-state index in [1.54, 1.807) is 11.3 Å². The van der Waals surface area contributed by atoms with Crippen LogP contribution in [-0.2, 0) is 0 Å². The number of hydrogen-bond donors (Lipinski definition) is 1. The van der Waals surface area contributed by atoms with E-state index in [0.29, 0.717) is 5.70 Å². The van der Waals surface area contributed by atoms with Crippen LogP contribution in [0.25, 0.3) is 5.70 Å². The fourth-order valence-corrected chi connectivity index (χ4v) is 1.39. The zero-order chi connectivity index (χ0) is 6.85. The lowest BCUT2D eigenvalue weighted by molar-refractivity contribution is 1.53. The van der Waals surface area contributed by atoms with E-state index in [0.717, 1.165) is 4.88 Å². The molecule has 1 heterocycles.